The van der Waals surface area contributed by atoms with Crippen molar-refractivity contribution in [2.24, 2.45) is 10.8 Å². The number of aryl methyl sites for hydroxylation is 1. The molecule has 2 atom stereocenters. The van der Waals surface area contributed by atoms with Gasteiger partial charge in [0.25, 0.3) is 0 Å². The summed E-state index contributed by atoms with van der Waals surface area (Å²) in [6.07, 6.45) is 5.82. The van der Waals surface area contributed by atoms with E-state index in [0.717, 1.165) is 26.0 Å². The number of nitrogens with one attached hydrogen (secondary N) is 2. The van der Waals surface area contributed by atoms with E-state index in [4.69, 9.17) is 13.9 Å². The Bertz CT molecular complexity index is 624. The van der Waals surface area contributed by atoms with Gasteiger partial charge in [-0.1, -0.05) is 11.5 Å². The molecule has 0 radical (unpaired) electrons. The Kier molecular flexibility index (Phi) is 4.41. The van der Waals surface area contributed by atoms with Gasteiger partial charge in [0.2, 0.25) is 11.8 Å². The molecule has 1 aromatic rings. The predicted molar refractivity (Wildman–Crippen MR) is 89.0 cm³/mol. The topological polar surface area (TPSA) is 98.5 Å². The number of nitrogens with zero attached hydrogens (tertiary/aromatic N) is 2. The van der Waals surface area contributed by atoms with Crippen LogP contribution in [0.1, 0.15) is 38.0 Å². The lowest BCUT2D eigenvalue weighted by Crippen LogP contribution is -2.40. The second-order valence-corrected chi connectivity index (χ2v) is 7.64. The van der Waals surface area contributed by atoms with Gasteiger partial charge in [-0.3, -0.25) is 4.79 Å². The quantitative estimate of drug-likeness (QED) is 0.728. The monoisotopic (exact) mass is 350 g/mol. The summed E-state index contributed by atoms with van der Waals surface area (Å²) < 4.78 is 16.2. The molecule has 3 aliphatic rings. The summed E-state index contributed by atoms with van der Waals surface area (Å²) >= 11 is 0. The average molecular weight is 350 g/mol. The highest BCUT2D eigenvalue weighted by Gasteiger charge is 2.68. The molecule has 1 spiro atoms. The van der Waals surface area contributed by atoms with Crippen molar-refractivity contribution in [1.29, 1.82) is 0 Å². The first-order chi connectivity index (χ1) is 12.1. The van der Waals surface area contributed by atoms with Gasteiger partial charge in [0.15, 0.2) is 0 Å². The number of carbonyl (C=O) groups excluding carboxylic acids is 1. The van der Waals surface area contributed by atoms with Crippen LogP contribution in [0, 0.1) is 17.8 Å². The van der Waals surface area contributed by atoms with E-state index in [0.29, 0.717) is 30.5 Å². The first-order valence-corrected chi connectivity index (χ1v) is 9.11. The molecule has 0 aromatic carbocycles. The molecule has 8 heteroatoms. The van der Waals surface area contributed by atoms with E-state index in [1.165, 1.54) is 19.3 Å². The summed E-state index contributed by atoms with van der Waals surface area (Å²) in [5, 5.41) is 14.1. The van der Waals surface area contributed by atoms with Crippen molar-refractivity contribution in [2.45, 2.75) is 45.1 Å². The standard InChI is InChI=1S/C17H26N4O4/c1-12-20-21-15(25-12)19-11-17(9-16(17)4-2-5-16)10-18-14(22)8-24-13-3-6-23-7-13/h13H,2-11H2,1H3,(H,18,22)(H,19,21). The summed E-state index contributed by atoms with van der Waals surface area (Å²) in [5.41, 5.74) is 0.461. The number of hydrogen-bond acceptors (Lipinski definition) is 7. The predicted octanol–water partition coefficient (Wildman–Crippen LogP) is 1.27. The molecule has 2 N–H and O–H groups in total. The molecular formula is C17H26N4O4. The van der Waals surface area contributed by atoms with Crippen LogP contribution in [0.2, 0.25) is 0 Å². The highest BCUT2D eigenvalue weighted by atomic mass is 16.5. The average Bonchev–Trinajstić information content (AvgIpc) is 2.90. The van der Waals surface area contributed by atoms with Crippen LogP contribution < -0.4 is 10.6 Å². The molecule has 0 bridgehead atoms. The summed E-state index contributed by atoms with van der Waals surface area (Å²) in [7, 11) is 0. The molecule has 1 aromatic heterocycles. The molecular weight excluding hydrogens is 324 g/mol. The van der Waals surface area contributed by atoms with Crippen LogP contribution in [0.3, 0.4) is 0 Å². The first-order valence-electron chi connectivity index (χ1n) is 9.11. The molecule has 1 amide bonds. The smallest absolute Gasteiger partial charge is 0.315 e. The molecule has 8 nitrogen and oxygen atoms in total. The molecule has 2 unspecified atom stereocenters. The Morgan fingerprint density at radius 3 is 2.84 bits per heavy atom. The maximum absolute atomic E-state index is 12.1. The fourth-order valence-electron chi connectivity index (χ4n) is 4.25. The van der Waals surface area contributed by atoms with Crippen molar-refractivity contribution in [3.8, 4) is 0 Å². The molecule has 2 saturated carbocycles. The van der Waals surface area contributed by atoms with Gasteiger partial charge in [0.05, 0.1) is 12.7 Å². The van der Waals surface area contributed by atoms with Crippen LogP contribution in [-0.4, -0.2) is 55.1 Å². The fraction of sp³-hybridized carbons (Fsp3) is 0.824. The van der Waals surface area contributed by atoms with Gasteiger partial charge < -0.3 is 24.5 Å². The van der Waals surface area contributed by atoms with Crippen molar-refractivity contribution in [1.82, 2.24) is 15.5 Å². The van der Waals surface area contributed by atoms with E-state index in [1.54, 1.807) is 6.92 Å². The summed E-state index contributed by atoms with van der Waals surface area (Å²) in [5.74, 6) is 0.494. The lowest BCUT2D eigenvalue weighted by Gasteiger charge is -2.33. The van der Waals surface area contributed by atoms with Gasteiger partial charge in [-0.05, 0) is 31.1 Å². The number of hydrogen-bond donors (Lipinski definition) is 2. The molecule has 2 heterocycles. The molecule has 25 heavy (non-hydrogen) atoms. The first kappa shape index (κ1) is 16.8. The molecule has 1 saturated heterocycles. The number of amides is 1. The van der Waals surface area contributed by atoms with E-state index in [-0.39, 0.29) is 24.0 Å². The Balaban J connectivity index is 1.27. The summed E-state index contributed by atoms with van der Waals surface area (Å²) in [6, 6.07) is 0.453. The van der Waals surface area contributed by atoms with Crippen LogP contribution >= 0.6 is 0 Å². The lowest BCUT2D eigenvalue weighted by molar-refractivity contribution is -0.128. The summed E-state index contributed by atoms with van der Waals surface area (Å²) in [4.78, 5) is 12.1. The Labute approximate surface area is 147 Å². The minimum Gasteiger partial charge on any atom is -0.408 e. The van der Waals surface area contributed by atoms with E-state index < -0.39 is 0 Å². The van der Waals surface area contributed by atoms with Gasteiger partial charge in [-0.2, -0.15) is 0 Å². The number of carbonyl (C=O) groups is 1. The number of rotatable bonds is 8. The van der Waals surface area contributed by atoms with Crippen LogP contribution in [0.5, 0.6) is 0 Å². The van der Waals surface area contributed by atoms with E-state index in [1.807, 2.05) is 0 Å². The third kappa shape index (κ3) is 3.37. The highest BCUT2D eigenvalue weighted by Crippen LogP contribution is 2.73. The maximum atomic E-state index is 12.1. The highest BCUT2D eigenvalue weighted by molar-refractivity contribution is 5.77. The minimum absolute atomic E-state index is 0.0544. The van der Waals surface area contributed by atoms with E-state index in [9.17, 15) is 4.79 Å². The van der Waals surface area contributed by atoms with Crippen molar-refractivity contribution in [2.75, 3.05) is 38.2 Å². The minimum atomic E-state index is -0.0544. The van der Waals surface area contributed by atoms with Crippen LogP contribution in [0.15, 0.2) is 4.42 Å². The largest absolute Gasteiger partial charge is 0.408 e. The van der Waals surface area contributed by atoms with Crippen LogP contribution in [0.4, 0.5) is 6.01 Å². The Morgan fingerprint density at radius 1 is 1.36 bits per heavy atom. The third-order valence-corrected chi connectivity index (χ3v) is 6.05. The zero-order chi connectivity index (χ0) is 17.3. The molecule has 138 valence electrons. The zero-order valence-corrected chi connectivity index (χ0v) is 14.7. The Hall–Kier alpha value is -1.67. The molecule has 2 aliphatic carbocycles. The van der Waals surface area contributed by atoms with E-state index in [2.05, 4.69) is 20.8 Å². The SMILES string of the molecule is Cc1nnc(NCC2(CNC(=O)COC3CCOC3)CC23CCC3)o1. The van der Waals surface area contributed by atoms with Gasteiger partial charge in [0.1, 0.15) is 6.61 Å². The maximum Gasteiger partial charge on any atom is 0.315 e. The Morgan fingerprint density at radius 2 is 2.24 bits per heavy atom. The zero-order valence-electron chi connectivity index (χ0n) is 14.7. The lowest BCUT2D eigenvalue weighted by atomic mass is 9.75. The van der Waals surface area contributed by atoms with E-state index >= 15 is 0 Å². The van der Waals surface area contributed by atoms with Crippen molar-refractivity contribution in [3.05, 3.63) is 5.89 Å². The van der Waals surface area contributed by atoms with Crippen LogP contribution in [-0.2, 0) is 14.3 Å². The third-order valence-electron chi connectivity index (χ3n) is 6.05. The van der Waals surface area contributed by atoms with Crippen molar-refractivity contribution >= 4 is 11.9 Å². The van der Waals surface area contributed by atoms with Crippen LogP contribution in [0.25, 0.3) is 0 Å². The summed E-state index contributed by atoms with van der Waals surface area (Å²) in [6.45, 7) is 4.59. The van der Waals surface area contributed by atoms with Gasteiger partial charge in [-0.15, -0.1) is 5.10 Å². The normalized spacial score (nSPS) is 29.4. The van der Waals surface area contributed by atoms with Crippen molar-refractivity contribution < 1.29 is 18.7 Å². The second kappa shape index (κ2) is 6.57. The second-order valence-electron chi connectivity index (χ2n) is 7.64. The molecule has 1 aliphatic heterocycles. The molecule has 3 fully saturated rings. The number of anilines is 1. The molecule has 4 rings (SSSR count). The van der Waals surface area contributed by atoms with Crippen molar-refractivity contribution in [3.63, 3.8) is 0 Å². The van der Waals surface area contributed by atoms with Gasteiger partial charge in [0, 0.05) is 32.0 Å². The number of ether oxygens (including phenoxy) is 2. The van der Waals surface area contributed by atoms with Gasteiger partial charge >= 0.3 is 6.01 Å². The number of aromatic nitrogens is 2. The van der Waals surface area contributed by atoms with Gasteiger partial charge in [-0.25, -0.2) is 0 Å². The fourth-order valence-corrected chi connectivity index (χ4v) is 4.25.